The first-order valence-electron chi connectivity index (χ1n) is 8.98. The van der Waals surface area contributed by atoms with E-state index in [1.807, 2.05) is 25.2 Å². The molecular formula is C21H28IN3O. The lowest BCUT2D eigenvalue weighted by Gasteiger charge is -2.12. The highest BCUT2D eigenvalue weighted by atomic mass is 127. The SMILES string of the molecule is CN=C(NCCOCc1ccccc1)NCC1CC1c1ccccc1.I. The number of guanidine groups is 1. The van der Waals surface area contributed by atoms with E-state index in [4.69, 9.17) is 4.74 Å². The van der Waals surface area contributed by atoms with E-state index in [1.54, 1.807) is 0 Å². The number of nitrogens with zero attached hydrogens (tertiary/aromatic N) is 1. The van der Waals surface area contributed by atoms with Crippen LogP contribution in [0.3, 0.4) is 0 Å². The number of hydrogen-bond acceptors (Lipinski definition) is 2. The Morgan fingerprint density at radius 1 is 1.04 bits per heavy atom. The highest BCUT2D eigenvalue weighted by Gasteiger charge is 2.37. The molecule has 26 heavy (non-hydrogen) atoms. The maximum atomic E-state index is 5.68. The quantitative estimate of drug-likeness (QED) is 0.270. The summed E-state index contributed by atoms with van der Waals surface area (Å²) < 4.78 is 5.68. The monoisotopic (exact) mass is 465 g/mol. The highest BCUT2D eigenvalue weighted by molar-refractivity contribution is 14.0. The van der Waals surface area contributed by atoms with Crippen molar-refractivity contribution in [2.24, 2.45) is 10.9 Å². The second-order valence-electron chi connectivity index (χ2n) is 6.43. The zero-order valence-electron chi connectivity index (χ0n) is 15.2. The van der Waals surface area contributed by atoms with Crippen LogP contribution in [0.2, 0.25) is 0 Å². The van der Waals surface area contributed by atoms with Crippen LogP contribution in [-0.4, -0.2) is 32.7 Å². The molecule has 1 saturated carbocycles. The molecule has 0 radical (unpaired) electrons. The van der Waals surface area contributed by atoms with Gasteiger partial charge in [-0.15, -0.1) is 24.0 Å². The molecule has 2 N–H and O–H groups in total. The largest absolute Gasteiger partial charge is 0.375 e. The summed E-state index contributed by atoms with van der Waals surface area (Å²) in [5, 5.41) is 6.73. The lowest BCUT2D eigenvalue weighted by molar-refractivity contribution is 0.125. The molecule has 0 aromatic heterocycles. The summed E-state index contributed by atoms with van der Waals surface area (Å²) in [6.07, 6.45) is 1.26. The van der Waals surface area contributed by atoms with Gasteiger partial charge in [0, 0.05) is 20.1 Å². The summed E-state index contributed by atoms with van der Waals surface area (Å²) in [6, 6.07) is 21.0. The molecule has 4 nitrogen and oxygen atoms in total. The first-order valence-corrected chi connectivity index (χ1v) is 8.98. The molecular weight excluding hydrogens is 437 g/mol. The Bertz CT molecular complexity index is 663. The molecule has 0 spiro atoms. The van der Waals surface area contributed by atoms with Crippen LogP contribution in [0.5, 0.6) is 0 Å². The van der Waals surface area contributed by atoms with Gasteiger partial charge in [0.05, 0.1) is 13.2 Å². The lowest BCUT2D eigenvalue weighted by Crippen LogP contribution is -2.39. The van der Waals surface area contributed by atoms with Crippen LogP contribution in [0.4, 0.5) is 0 Å². The second kappa shape index (κ2) is 11.2. The normalized spacial score (nSPS) is 18.7. The molecule has 1 aliphatic carbocycles. The van der Waals surface area contributed by atoms with E-state index < -0.39 is 0 Å². The molecule has 0 saturated heterocycles. The molecule has 0 heterocycles. The van der Waals surface area contributed by atoms with Gasteiger partial charge >= 0.3 is 0 Å². The van der Waals surface area contributed by atoms with Gasteiger partial charge in [-0.1, -0.05) is 60.7 Å². The standard InChI is InChI=1S/C21H27N3O.HI/c1-22-21(23-12-13-25-16-17-8-4-2-5-9-17)24-15-19-14-20(19)18-10-6-3-7-11-18;/h2-11,19-20H,12-16H2,1H3,(H2,22,23,24);1H. The van der Waals surface area contributed by atoms with Crippen LogP contribution in [0, 0.1) is 5.92 Å². The van der Waals surface area contributed by atoms with Crippen LogP contribution in [0.1, 0.15) is 23.5 Å². The van der Waals surface area contributed by atoms with E-state index in [9.17, 15) is 0 Å². The number of rotatable bonds is 8. The minimum Gasteiger partial charge on any atom is -0.375 e. The fourth-order valence-corrected chi connectivity index (χ4v) is 3.04. The summed E-state index contributed by atoms with van der Waals surface area (Å²) in [7, 11) is 1.81. The van der Waals surface area contributed by atoms with E-state index >= 15 is 0 Å². The van der Waals surface area contributed by atoms with Crippen molar-refractivity contribution in [2.75, 3.05) is 26.7 Å². The van der Waals surface area contributed by atoms with Gasteiger partial charge in [-0.25, -0.2) is 0 Å². The number of halogens is 1. The Labute approximate surface area is 173 Å². The number of nitrogens with one attached hydrogen (secondary N) is 2. The van der Waals surface area contributed by atoms with Crippen molar-refractivity contribution in [3.05, 3.63) is 71.8 Å². The van der Waals surface area contributed by atoms with E-state index in [2.05, 4.69) is 58.1 Å². The van der Waals surface area contributed by atoms with Gasteiger partial charge in [0.15, 0.2) is 5.96 Å². The Kier molecular flexibility index (Phi) is 8.91. The predicted molar refractivity (Wildman–Crippen MR) is 118 cm³/mol. The van der Waals surface area contributed by atoms with Crippen LogP contribution >= 0.6 is 24.0 Å². The van der Waals surface area contributed by atoms with Gasteiger partial charge in [-0.3, -0.25) is 4.99 Å². The number of ether oxygens (including phenoxy) is 1. The zero-order chi connectivity index (χ0) is 17.3. The number of benzene rings is 2. The smallest absolute Gasteiger partial charge is 0.191 e. The molecule has 0 aliphatic heterocycles. The van der Waals surface area contributed by atoms with Crippen LogP contribution < -0.4 is 10.6 Å². The second-order valence-corrected chi connectivity index (χ2v) is 6.43. The van der Waals surface area contributed by atoms with Gasteiger partial charge in [0.25, 0.3) is 0 Å². The van der Waals surface area contributed by atoms with Gasteiger partial charge in [0.1, 0.15) is 0 Å². The summed E-state index contributed by atoms with van der Waals surface area (Å²) >= 11 is 0. The van der Waals surface area contributed by atoms with Crippen LogP contribution in [0.15, 0.2) is 65.7 Å². The van der Waals surface area contributed by atoms with Crippen molar-refractivity contribution in [2.45, 2.75) is 18.9 Å². The maximum Gasteiger partial charge on any atom is 0.191 e. The molecule has 5 heteroatoms. The van der Waals surface area contributed by atoms with E-state index in [0.29, 0.717) is 25.0 Å². The molecule has 2 aromatic carbocycles. The van der Waals surface area contributed by atoms with Crippen molar-refractivity contribution in [3.63, 3.8) is 0 Å². The number of hydrogen-bond donors (Lipinski definition) is 2. The van der Waals surface area contributed by atoms with Gasteiger partial charge in [-0.05, 0) is 29.4 Å². The minimum absolute atomic E-state index is 0. The topological polar surface area (TPSA) is 45.7 Å². The van der Waals surface area contributed by atoms with Crippen molar-refractivity contribution >= 4 is 29.9 Å². The molecule has 2 aromatic rings. The fraction of sp³-hybridized carbons (Fsp3) is 0.381. The Morgan fingerprint density at radius 2 is 1.73 bits per heavy atom. The first kappa shape index (κ1) is 20.7. The van der Waals surface area contributed by atoms with Gasteiger partial charge in [0.2, 0.25) is 0 Å². The molecule has 2 atom stereocenters. The summed E-state index contributed by atoms with van der Waals surface area (Å²) in [5.74, 6) is 2.25. The van der Waals surface area contributed by atoms with Crippen molar-refractivity contribution in [1.29, 1.82) is 0 Å². The van der Waals surface area contributed by atoms with Crippen molar-refractivity contribution in [3.8, 4) is 0 Å². The average Bonchev–Trinajstić information content (AvgIpc) is 3.45. The fourth-order valence-electron chi connectivity index (χ4n) is 3.04. The summed E-state index contributed by atoms with van der Waals surface area (Å²) in [6.45, 7) is 3.02. The molecule has 1 fully saturated rings. The minimum atomic E-state index is 0. The molecule has 140 valence electrons. The van der Waals surface area contributed by atoms with E-state index in [-0.39, 0.29) is 24.0 Å². The third-order valence-corrected chi connectivity index (χ3v) is 4.56. The van der Waals surface area contributed by atoms with Crippen LogP contribution in [-0.2, 0) is 11.3 Å². The third-order valence-electron chi connectivity index (χ3n) is 4.56. The predicted octanol–water partition coefficient (Wildman–Crippen LogP) is 3.79. The molecule has 1 aliphatic rings. The molecule has 2 unspecified atom stereocenters. The summed E-state index contributed by atoms with van der Waals surface area (Å²) in [4.78, 5) is 4.28. The summed E-state index contributed by atoms with van der Waals surface area (Å²) in [5.41, 5.74) is 2.65. The average molecular weight is 465 g/mol. The molecule has 3 rings (SSSR count). The van der Waals surface area contributed by atoms with Crippen molar-refractivity contribution in [1.82, 2.24) is 10.6 Å². The third kappa shape index (κ3) is 6.61. The first-order chi connectivity index (χ1) is 12.4. The molecule has 0 amide bonds. The highest BCUT2D eigenvalue weighted by Crippen LogP contribution is 2.46. The van der Waals surface area contributed by atoms with E-state index in [1.165, 1.54) is 17.5 Å². The maximum absolute atomic E-state index is 5.68. The lowest BCUT2D eigenvalue weighted by atomic mass is 10.1. The Hall–Kier alpha value is -1.60. The van der Waals surface area contributed by atoms with Gasteiger partial charge in [-0.2, -0.15) is 0 Å². The molecule has 0 bridgehead atoms. The van der Waals surface area contributed by atoms with Crippen LogP contribution in [0.25, 0.3) is 0 Å². The Morgan fingerprint density at radius 3 is 2.42 bits per heavy atom. The van der Waals surface area contributed by atoms with Crippen molar-refractivity contribution < 1.29 is 4.74 Å². The van der Waals surface area contributed by atoms with E-state index in [0.717, 1.165) is 19.0 Å². The number of aliphatic imine (C=N–C) groups is 1. The Balaban J connectivity index is 0.00000243. The zero-order valence-corrected chi connectivity index (χ0v) is 17.6. The van der Waals surface area contributed by atoms with Gasteiger partial charge < -0.3 is 15.4 Å².